The van der Waals surface area contributed by atoms with Crippen molar-refractivity contribution in [3.8, 4) is 0 Å². The second-order valence-electron chi connectivity index (χ2n) is 4.94. The maximum atomic E-state index is 13.7. The van der Waals surface area contributed by atoms with E-state index in [0.717, 1.165) is 0 Å². The van der Waals surface area contributed by atoms with Crippen molar-refractivity contribution in [1.29, 1.82) is 0 Å². The summed E-state index contributed by atoms with van der Waals surface area (Å²) in [6, 6.07) is 4.23. The molecule has 0 aliphatic carbocycles. The van der Waals surface area contributed by atoms with E-state index in [1.54, 1.807) is 25.1 Å². The molecule has 0 heterocycles. The van der Waals surface area contributed by atoms with Gasteiger partial charge in [0, 0.05) is 12.6 Å². The third-order valence-electron chi connectivity index (χ3n) is 3.43. The maximum Gasteiger partial charge on any atom is 0.326 e. The monoisotopic (exact) mass is 296 g/mol. The van der Waals surface area contributed by atoms with Crippen LogP contribution in [0.4, 0.5) is 9.18 Å². The highest BCUT2D eigenvalue weighted by Gasteiger charge is 2.24. The van der Waals surface area contributed by atoms with E-state index in [9.17, 15) is 14.0 Å². The van der Waals surface area contributed by atoms with Gasteiger partial charge < -0.3 is 15.3 Å². The quantitative estimate of drug-likeness (QED) is 0.848. The number of halogens is 1. The number of carboxylic acid groups (broad SMARTS) is 1. The van der Waals surface area contributed by atoms with E-state index in [4.69, 9.17) is 5.11 Å². The van der Waals surface area contributed by atoms with E-state index in [-0.39, 0.29) is 0 Å². The molecule has 2 atom stereocenters. The number of benzene rings is 1. The lowest BCUT2D eigenvalue weighted by Gasteiger charge is -2.27. The second-order valence-corrected chi connectivity index (χ2v) is 4.94. The van der Waals surface area contributed by atoms with Crippen molar-refractivity contribution in [2.45, 2.75) is 38.8 Å². The molecule has 5 nitrogen and oxygen atoms in total. The van der Waals surface area contributed by atoms with Crippen LogP contribution < -0.4 is 5.32 Å². The molecule has 21 heavy (non-hydrogen) atoms. The highest BCUT2D eigenvalue weighted by Crippen LogP contribution is 2.21. The number of rotatable bonds is 6. The predicted molar refractivity (Wildman–Crippen MR) is 77.4 cm³/mol. The molecular formula is C15H21FN2O3. The van der Waals surface area contributed by atoms with Gasteiger partial charge in [0.1, 0.15) is 11.9 Å². The van der Waals surface area contributed by atoms with E-state index in [0.29, 0.717) is 18.4 Å². The zero-order valence-electron chi connectivity index (χ0n) is 12.5. The van der Waals surface area contributed by atoms with E-state index in [1.165, 1.54) is 18.0 Å². The number of aliphatic carboxylic acids is 1. The molecule has 0 radical (unpaired) electrons. The van der Waals surface area contributed by atoms with E-state index < -0.39 is 29.9 Å². The Hall–Kier alpha value is -2.11. The summed E-state index contributed by atoms with van der Waals surface area (Å²) in [5.41, 5.74) is 0.387. The summed E-state index contributed by atoms with van der Waals surface area (Å²) < 4.78 is 13.7. The molecule has 0 spiro atoms. The standard InChI is InChI=1S/C15H21FN2O3/c1-4-7-13(14(19)20)17-15(21)18(3)10(2)11-8-5-6-9-12(11)16/h5-6,8-10,13H,4,7H2,1-3H3,(H,17,21)(H,19,20). The molecule has 2 N–H and O–H groups in total. The number of nitrogens with one attached hydrogen (secondary N) is 1. The molecule has 116 valence electrons. The summed E-state index contributed by atoms with van der Waals surface area (Å²) in [5.74, 6) is -1.47. The van der Waals surface area contributed by atoms with Gasteiger partial charge in [-0.1, -0.05) is 31.5 Å². The van der Waals surface area contributed by atoms with E-state index >= 15 is 0 Å². The highest BCUT2D eigenvalue weighted by atomic mass is 19.1. The van der Waals surface area contributed by atoms with Crippen LogP contribution in [0.15, 0.2) is 24.3 Å². The third-order valence-corrected chi connectivity index (χ3v) is 3.43. The van der Waals surface area contributed by atoms with Crippen LogP contribution in [0.5, 0.6) is 0 Å². The molecule has 1 rings (SSSR count). The fraction of sp³-hybridized carbons (Fsp3) is 0.467. The number of nitrogens with zero attached hydrogens (tertiary/aromatic N) is 1. The van der Waals surface area contributed by atoms with Crippen LogP contribution in [0.1, 0.15) is 38.3 Å². The lowest BCUT2D eigenvalue weighted by molar-refractivity contribution is -0.139. The molecule has 0 aromatic heterocycles. The topological polar surface area (TPSA) is 69.6 Å². The number of carbonyl (C=O) groups is 2. The summed E-state index contributed by atoms with van der Waals surface area (Å²) in [6.45, 7) is 3.53. The minimum absolute atomic E-state index is 0.350. The molecule has 0 fully saturated rings. The van der Waals surface area contributed by atoms with Crippen molar-refractivity contribution in [3.63, 3.8) is 0 Å². The van der Waals surface area contributed by atoms with Crippen molar-refractivity contribution < 1.29 is 19.1 Å². The first-order chi connectivity index (χ1) is 9.88. The van der Waals surface area contributed by atoms with Crippen molar-refractivity contribution >= 4 is 12.0 Å². The fourth-order valence-corrected chi connectivity index (χ4v) is 2.00. The molecule has 0 saturated heterocycles. The number of hydrogen-bond acceptors (Lipinski definition) is 2. The minimum atomic E-state index is -1.07. The Bertz CT molecular complexity index is 507. The molecule has 2 unspecified atom stereocenters. The zero-order chi connectivity index (χ0) is 16.0. The van der Waals surface area contributed by atoms with Gasteiger partial charge in [0.2, 0.25) is 0 Å². The highest BCUT2D eigenvalue weighted by molar-refractivity contribution is 5.82. The molecule has 1 aromatic carbocycles. The zero-order valence-corrected chi connectivity index (χ0v) is 12.5. The molecule has 1 aromatic rings. The third kappa shape index (κ3) is 4.44. The Kier molecular flexibility index (Phi) is 6.14. The Morgan fingerprint density at radius 3 is 2.52 bits per heavy atom. The molecular weight excluding hydrogens is 275 g/mol. The summed E-state index contributed by atoms with van der Waals surface area (Å²) in [6.07, 6.45) is 0.993. The average molecular weight is 296 g/mol. The Morgan fingerprint density at radius 2 is 2.00 bits per heavy atom. The summed E-state index contributed by atoms with van der Waals surface area (Å²) in [4.78, 5) is 24.4. The van der Waals surface area contributed by atoms with Crippen LogP contribution in [-0.4, -0.2) is 35.1 Å². The molecule has 0 aliphatic heterocycles. The summed E-state index contributed by atoms with van der Waals surface area (Å²) >= 11 is 0. The van der Waals surface area contributed by atoms with Crippen molar-refractivity contribution in [3.05, 3.63) is 35.6 Å². The molecule has 2 amide bonds. The molecule has 0 aliphatic rings. The average Bonchev–Trinajstić information content (AvgIpc) is 2.45. The van der Waals surface area contributed by atoms with Crippen molar-refractivity contribution in [1.82, 2.24) is 10.2 Å². The summed E-state index contributed by atoms with van der Waals surface area (Å²) in [7, 11) is 1.51. The first-order valence-corrected chi connectivity index (χ1v) is 6.89. The van der Waals surface area contributed by atoms with E-state index in [2.05, 4.69) is 5.32 Å². The fourth-order valence-electron chi connectivity index (χ4n) is 2.00. The van der Waals surface area contributed by atoms with Crippen LogP contribution in [0.2, 0.25) is 0 Å². The lowest BCUT2D eigenvalue weighted by Crippen LogP contribution is -2.47. The van der Waals surface area contributed by atoms with Gasteiger partial charge in [0.15, 0.2) is 0 Å². The number of hydrogen-bond donors (Lipinski definition) is 2. The minimum Gasteiger partial charge on any atom is -0.480 e. The van der Waals surface area contributed by atoms with Gasteiger partial charge in [-0.2, -0.15) is 0 Å². The number of carbonyl (C=O) groups excluding carboxylic acids is 1. The smallest absolute Gasteiger partial charge is 0.326 e. The van der Waals surface area contributed by atoms with Crippen LogP contribution in [-0.2, 0) is 4.79 Å². The van der Waals surface area contributed by atoms with Crippen LogP contribution in [0.25, 0.3) is 0 Å². The van der Waals surface area contributed by atoms with E-state index in [1.807, 2.05) is 6.92 Å². The van der Waals surface area contributed by atoms with Gasteiger partial charge in [-0.3, -0.25) is 0 Å². The van der Waals surface area contributed by atoms with Gasteiger partial charge in [0.05, 0.1) is 6.04 Å². The van der Waals surface area contributed by atoms with Gasteiger partial charge in [-0.25, -0.2) is 14.0 Å². The number of amides is 2. The number of urea groups is 1. The van der Waals surface area contributed by atoms with Crippen molar-refractivity contribution in [2.75, 3.05) is 7.05 Å². The Morgan fingerprint density at radius 1 is 1.38 bits per heavy atom. The van der Waals surface area contributed by atoms with Gasteiger partial charge in [-0.05, 0) is 19.4 Å². The van der Waals surface area contributed by atoms with Crippen LogP contribution >= 0.6 is 0 Å². The molecule has 0 saturated carbocycles. The summed E-state index contributed by atoms with van der Waals surface area (Å²) in [5, 5.41) is 11.5. The van der Waals surface area contributed by atoms with Crippen LogP contribution in [0.3, 0.4) is 0 Å². The van der Waals surface area contributed by atoms with Crippen LogP contribution in [0, 0.1) is 5.82 Å². The maximum absolute atomic E-state index is 13.7. The first-order valence-electron chi connectivity index (χ1n) is 6.89. The van der Waals surface area contributed by atoms with Gasteiger partial charge in [-0.15, -0.1) is 0 Å². The predicted octanol–water partition coefficient (Wildman–Crippen LogP) is 2.78. The molecule has 0 bridgehead atoms. The lowest BCUT2D eigenvalue weighted by atomic mass is 10.1. The first kappa shape index (κ1) is 16.9. The van der Waals surface area contributed by atoms with Crippen molar-refractivity contribution in [2.24, 2.45) is 0 Å². The normalized spacial score (nSPS) is 13.3. The van der Waals surface area contributed by atoms with Gasteiger partial charge >= 0.3 is 12.0 Å². The Balaban J connectivity index is 2.78. The Labute approximate surface area is 123 Å². The number of carboxylic acids is 1. The van der Waals surface area contributed by atoms with Gasteiger partial charge in [0.25, 0.3) is 0 Å². The second kappa shape index (κ2) is 7.61. The SMILES string of the molecule is CCCC(NC(=O)N(C)C(C)c1ccccc1F)C(=O)O. The molecule has 6 heteroatoms. The largest absolute Gasteiger partial charge is 0.480 e.